The van der Waals surface area contributed by atoms with Crippen molar-refractivity contribution in [2.45, 2.75) is 20.8 Å². The predicted octanol–water partition coefficient (Wildman–Crippen LogP) is 14.7. The molecule has 0 aliphatic carbocycles. The average Bonchev–Trinajstić information content (AvgIpc) is 3.30. The molecular weight excluding hydrogens is 1270 g/mol. The lowest BCUT2D eigenvalue weighted by Crippen LogP contribution is -2.04. The molecule has 5 heterocycles. The van der Waals surface area contributed by atoms with Crippen LogP contribution in [-0.2, 0) is 14.2 Å². The number of nitrogen functional groups attached to an aromatic ring is 2. The summed E-state index contributed by atoms with van der Waals surface area (Å²) < 4.78 is 36.0. The summed E-state index contributed by atoms with van der Waals surface area (Å²) in [7, 11) is 5.91. The number of hydrogen-bond acceptors (Lipinski definition) is 22. The fourth-order valence-electron chi connectivity index (χ4n) is 7.21. The van der Waals surface area contributed by atoms with Gasteiger partial charge in [-0.3, -0.25) is 0 Å². The van der Waals surface area contributed by atoms with Crippen molar-refractivity contribution in [1.82, 2.24) is 0 Å². The number of aliphatic imine (C=N–C) groups is 2. The van der Waals surface area contributed by atoms with Crippen LogP contribution in [0.4, 0.5) is 22.7 Å². The molecule has 25 heteroatoms. The van der Waals surface area contributed by atoms with Crippen molar-refractivity contribution in [3.8, 4) is 28.7 Å². The minimum Gasteiger partial charge on any atom is -0.504 e. The molecule has 0 spiro atoms. The first kappa shape index (κ1) is 67.9. The van der Waals surface area contributed by atoms with Gasteiger partial charge >= 0.3 is 29.8 Å². The molecule has 86 heavy (non-hydrogen) atoms. The van der Waals surface area contributed by atoms with E-state index in [9.17, 15) is 34.2 Å². The van der Waals surface area contributed by atoms with E-state index in [1.165, 1.54) is 56.5 Å². The molecule has 0 saturated carbocycles. The molecule has 0 aliphatic heterocycles. The van der Waals surface area contributed by atoms with E-state index in [1.807, 2.05) is 127 Å². The van der Waals surface area contributed by atoms with Gasteiger partial charge in [-0.15, -0.1) is 56.7 Å². The van der Waals surface area contributed by atoms with Gasteiger partial charge in [-0.25, -0.2) is 34.0 Å². The van der Waals surface area contributed by atoms with Crippen molar-refractivity contribution in [3.63, 3.8) is 0 Å². The molecule has 0 aliphatic rings. The van der Waals surface area contributed by atoms with Gasteiger partial charge in [-0.05, 0) is 36.7 Å². The second-order valence-electron chi connectivity index (χ2n) is 16.5. The summed E-state index contributed by atoms with van der Waals surface area (Å²) in [6.07, 6.45) is 0. The van der Waals surface area contributed by atoms with Gasteiger partial charge in [0.2, 0.25) is 0 Å². The predicted molar refractivity (Wildman–Crippen MR) is 344 cm³/mol. The number of carbonyl (C=O) groups is 5. The Morgan fingerprint density at radius 3 is 1.07 bits per heavy atom. The molecule has 450 valence electrons. The van der Waals surface area contributed by atoms with Gasteiger partial charge in [0.15, 0.2) is 53.1 Å². The lowest BCUT2D eigenvalue weighted by atomic mass is 10.0. The molecular formula is C61H59BrN4O15S5. The number of benzene rings is 4. The topological polar surface area (TPSA) is 287 Å². The zero-order valence-corrected chi connectivity index (χ0v) is 52.9. The lowest BCUT2D eigenvalue weighted by molar-refractivity contribution is 0.0519. The van der Waals surface area contributed by atoms with Gasteiger partial charge in [-0.1, -0.05) is 121 Å². The molecule has 0 fully saturated rings. The molecule has 4 aromatic carbocycles. The summed E-state index contributed by atoms with van der Waals surface area (Å²) >= 11 is 9.09. The highest BCUT2D eigenvalue weighted by Gasteiger charge is 2.23. The van der Waals surface area contributed by atoms with Crippen molar-refractivity contribution in [2.24, 2.45) is 9.98 Å². The van der Waals surface area contributed by atoms with Crippen LogP contribution in [0.5, 0.6) is 28.7 Å². The fourth-order valence-corrected chi connectivity index (χ4v) is 11.9. The number of carbonyl (C=O) groups excluding carboxylic acids is 3. The van der Waals surface area contributed by atoms with Crippen molar-refractivity contribution in [1.29, 1.82) is 0 Å². The Morgan fingerprint density at radius 1 is 0.430 bits per heavy atom. The molecule has 0 atom stereocenters. The number of carboxylic acid groups (broad SMARTS) is 2. The minimum atomic E-state index is -1.01. The maximum Gasteiger partial charge on any atom is 0.352 e. The first-order valence-corrected chi connectivity index (χ1v) is 30.6. The highest BCUT2D eigenvalue weighted by Crippen LogP contribution is 2.41. The van der Waals surface area contributed by atoms with E-state index >= 15 is 0 Å². The Bertz CT molecular complexity index is 3630. The molecule has 0 saturated heterocycles. The second kappa shape index (κ2) is 34.8. The Labute approximate surface area is 524 Å². The number of esters is 3. The molecule has 0 amide bonds. The number of hydrogen-bond donors (Lipinski definition) is 5. The van der Waals surface area contributed by atoms with E-state index in [-0.39, 0.29) is 50.1 Å². The van der Waals surface area contributed by atoms with Crippen molar-refractivity contribution >= 4 is 137 Å². The van der Waals surface area contributed by atoms with Gasteiger partial charge in [-0.2, -0.15) is 0 Å². The summed E-state index contributed by atoms with van der Waals surface area (Å²) in [4.78, 5) is 67.2. The Hall–Kier alpha value is -8.85. The zero-order valence-electron chi connectivity index (χ0n) is 47.3. The normalized spacial score (nSPS) is 10.0. The van der Waals surface area contributed by atoms with Crippen LogP contribution in [0.3, 0.4) is 0 Å². The number of anilines is 2. The number of rotatable bonds is 18. The van der Waals surface area contributed by atoms with Crippen molar-refractivity contribution < 1.29 is 72.5 Å². The van der Waals surface area contributed by atoms with E-state index < -0.39 is 23.9 Å². The quantitative estimate of drug-likeness (QED) is 0.0303. The standard InChI is InChI=1S/C21H19NO3S.C19H15NO3S.C8H9BrO3S.C7H9NO3S.C6H7NO3S/c1-3-25-21(23)20-19(24-2)17(14-26-20)22-18(15-10-6-4-7-11-15)16-12-8-5-9-13-16;1-23-17-15(12-24-18(17)19(21)22)20-16(13-8-4-2-5-9-13)14-10-6-3-7-11-14;1-3-12-8(10)7-6(11-2)5(9)4-13-7;1-2-11-7(10)6-5(9)4(8)3-12-6;1-10-4-3(7)2-11-5(4)6(8)9/h4-14H,3H2,1-2H3;2-12H,1H3,(H,21,22);4H,3H2,1-2H3;3,9H,2,8H2,1H3;2H,7H2,1H3,(H,8,9). The van der Waals surface area contributed by atoms with E-state index in [4.69, 9.17) is 55.0 Å². The number of nitrogens with zero attached hydrogens (tertiary/aromatic N) is 2. The summed E-state index contributed by atoms with van der Waals surface area (Å²) in [6.45, 7) is 6.23. The maximum absolute atomic E-state index is 12.1. The van der Waals surface area contributed by atoms with Gasteiger partial charge < -0.3 is 59.9 Å². The number of nitrogens with two attached hydrogens (primary N) is 2. The molecule has 9 aromatic rings. The van der Waals surface area contributed by atoms with Crippen molar-refractivity contribution in [3.05, 3.63) is 199 Å². The first-order chi connectivity index (χ1) is 41.5. The molecule has 9 rings (SSSR count). The molecule has 0 bridgehead atoms. The largest absolute Gasteiger partial charge is 0.504 e. The number of halogens is 1. The Balaban J connectivity index is 0.000000206. The smallest absolute Gasteiger partial charge is 0.352 e. The van der Waals surface area contributed by atoms with Crippen molar-refractivity contribution in [2.75, 3.05) is 59.7 Å². The number of methoxy groups -OCH3 is 4. The zero-order chi connectivity index (χ0) is 62.7. The van der Waals surface area contributed by atoms with E-state index in [0.717, 1.165) is 72.2 Å². The van der Waals surface area contributed by atoms with Crippen LogP contribution in [0.25, 0.3) is 0 Å². The molecule has 19 nitrogen and oxygen atoms in total. The van der Waals surface area contributed by atoms with E-state index in [1.54, 1.807) is 36.9 Å². The highest BCUT2D eigenvalue weighted by molar-refractivity contribution is 9.10. The van der Waals surface area contributed by atoms with Crippen LogP contribution in [0.15, 0.2) is 163 Å². The Morgan fingerprint density at radius 2 is 0.733 bits per heavy atom. The SMILES string of the molecule is CCOC(=O)c1scc(Br)c1OC.CCOC(=O)c1scc(N)c1O.CCOC(=O)c1scc(N=C(c2ccccc2)c2ccccc2)c1OC.COc1c(N)csc1C(=O)O.COc1c(N=C(c2ccccc2)c2ccccc2)csc1C(=O)O. The van der Waals surface area contributed by atoms with Crippen LogP contribution < -0.4 is 30.4 Å². The second-order valence-corrected chi connectivity index (χ2v) is 21.7. The molecule has 0 unspecified atom stereocenters. The van der Waals surface area contributed by atoms with Gasteiger partial charge in [0, 0.05) is 49.2 Å². The van der Waals surface area contributed by atoms with Gasteiger partial charge in [0.1, 0.15) is 11.4 Å². The summed E-state index contributed by atoms with van der Waals surface area (Å²) in [5, 5.41) is 35.4. The maximum atomic E-state index is 12.1. The van der Waals surface area contributed by atoms with E-state index in [0.29, 0.717) is 51.5 Å². The number of aromatic hydroxyl groups is 1. The molecule has 0 radical (unpaired) electrons. The number of ether oxygens (including phenoxy) is 7. The van der Waals surface area contributed by atoms with Gasteiger partial charge in [0.25, 0.3) is 0 Å². The highest BCUT2D eigenvalue weighted by atomic mass is 79.9. The van der Waals surface area contributed by atoms with Crippen LogP contribution in [-0.4, -0.2) is 105 Å². The monoisotopic (exact) mass is 1330 g/mol. The van der Waals surface area contributed by atoms with Crippen LogP contribution >= 0.6 is 72.6 Å². The first-order valence-electron chi connectivity index (χ1n) is 25.4. The fraction of sp³-hybridized carbons (Fsp3) is 0.164. The third-order valence-corrected chi connectivity index (χ3v) is 16.6. The summed E-state index contributed by atoms with van der Waals surface area (Å²) in [5.41, 5.74) is 17.9. The van der Waals surface area contributed by atoms with Crippen LogP contribution in [0.1, 0.15) is 91.4 Å². The third-order valence-electron chi connectivity index (χ3n) is 11.0. The lowest BCUT2D eigenvalue weighted by Gasteiger charge is -2.08. The van der Waals surface area contributed by atoms with Crippen LogP contribution in [0, 0.1) is 0 Å². The number of carboxylic acids is 2. The Kier molecular flexibility index (Phi) is 27.5. The number of thiophene rings is 5. The number of aromatic carboxylic acids is 2. The minimum absolute atomic E-state index is 0.144. The summed E-state index contributed by atoms with van der Waals surface area (Å²) in [6, 6.07) is 39.5. The molecule has 7 N–H and O–H groups in total. The summed E-state index contributed by atoms with van der Waals surface area (Å²) in [5.74, 6) is -1.94. The molecule has 5 aromatic heterocycles. The van der Waals surface area contributed by atoms with Crippen LogP contribution in [0.2, 0.25) is 0 Å². The van der Waals surface area contributed by atoms with Gasteiger partial charge in [0.05, 0.1) is 75.5 Å². The average molecular weight is 1330 g/mol. The van der Waals surface area contributed by atoms with E-state index in [2.05, 4.69) is 20.7 Å². The third kappa shape index (κ3) is 18.6.